The van der Waals surface area contributed by atoms with Crippen LogP contribution in [0.15, 0.2) is 22.7 Å². The van der Waals surface area contributed by atoms with Crippen LogP contribution in [0.3, 0.4) is 0 Å². The molecule has 0 aliphatic carbocycles. The number of allylic oxidation sites excluding steroid dienone is 1. The van der Waals surface area contributed by atoms with E-state index in [2.05, 4.69) is 17.6 Å². The summed E-state index contributed by atoms with van der Waals surface area (Å²) in [7, 11) is 0. The van der Waals surface area contributed by atoms with Crippen LogP contribution in [0.4, 0.5) is 0 Å². The SMILES string of the molecule is CCCCCCCCCCCC1=C[N]C=CS1. The third-order valence-corrected chi connectivity index (χ3v) is 3.98. The lowest BCUT2D eigenvalue weighted by Gasteiger charge is -2.07. The van der Waals surface area contributed by atoms with Gasteiger partial charge in [-0.05, 0) is 18.2 Å². The molecule has 0 spiro atoms. The van der Waals surface area contributed by atoms with Crippen molar-refractivity contribution >= 4 is 11.8 Å². The molecule has 0 atom stereocenters. The van der Waals surface area contributed by atoms with Gasteiger partial charge in [0.15, 0.2) is 0 Å². The molecule has 2 heteroatoms. The van der Waals surface area contributed by atoms with Gasteiger partial charge in [-0.15, -0.1) is 0 Å². The molecule has 0 saturated heterocycles. The average molecular weight is 252 g/mol. The van der Waals surface area contributed by atoms with Crippen molar-refractivity contribution in [2.24, 2.45) is 0 Å². The number of nitrogens with zero attached hydrogens (tertiary/aromatic N) is 1. The molecule has 0 bridgehead atoms. The zero-order valence-electron chi connectivity index (χ0n) is 11.2. The fourth-order valence-electron chi connectivity index (χ4n) is 2.04. The maximum Gasteiger partial charge on any atom is 0.0366 e. The van der Waals surface area contributed by atoms with Crippen molar-refractivity contribution in [3.63, 3.8) is 0 Å². The summed E-state index contributed by atoms with van der Waals surface area (Å²) in [6.45, 7) is 2.28. The van der Waals surface area contributed by atoms with Gasteiger partial charge in [0, 0.05) is 17.3 Å². The summed E-state index contributed by atoms with van der Waals surface area (Å²) in [6, 6.07) is 0. The Kier molecular flexibility index (Phi) is 9.30. The van der Waals surface area contributed by atoms with E-state index in [4.69, 9.17) is 0 Å². The average Bonchev–Trinajstić information content (AvgIpc) is 2.38. The topological polar surface area (TPSA) is 14.1 Å². The van der Waals surface area contributed by atoms with Crippen LogP contribution < -0.4 is 5.32 Å². The number of thioether (sulfide) groups is 1. The van der Waals surface area contributed by atoms with Crippen LogP contribution in [-0.2, 0) is 0 Å². The predicted molar refractivity (Wildman–Crippen MR) is 78.8 cm³/mol. The van der Waals surface area contributed by atoms with Gasteiger partial charge in [0.1, 0.15) is 0 Å². The summed E-state index contributed by atoms with van der Waals surface area (Å²) in [6.07, 6.45) is 17.7. The van der Waals surface area contributed by atoms with Crippen molar-refractivity contribution in [3.05, 3.63) is 22.7 Å². The molecule has 1 rings (SSSR count). The third kappa shape index (κ3) is 8.37. The van der Waals surface area contributed by atoms with Crippen molar-refractivity contribution in [2.75, 3.05) is 0 Å². The van der Waals surface area contributed by atoms with Gasteiger partial charge >= 0.3 is 0 Å². The summed E-state index contributed by atoms with van der Waals surface area (Å²) in [5, 5.41) is 6.22. The molecule has 0 aromatic rings. The highest BCUT2D eigenvalue weighted by Crippen LogP contribution is 2.25. The fraction of sp³-hybridized carbons (Fsp3) is 0.733. The molecule has 0 amide bonds. The first kappa shape index (κ1) is 14.7. The van der Waals surface area contributed by atoms with E-state index in [0.717, 1.165) is 0 Å². The highest BCUT2D eigenvalue weighted by molar-refractivity contribution is 8.05. The first-order valence-electron chi connectivity index (χ1n) is 7.14. The zero-order chi connectivity index (χ0) is 12.2. The minimum absolute atomic E-state index is 1.22. The predicted octanol–water partition coefficient (Wildman–Crippen LogP) is 5.57. The Labute approximate surface area is 111 Å². The zero-order valence-corrected chi connectivity index (χ0v) is 12.0. The van der Waals surface area contributed by atoms with Crippen LogP contribution in [0.25, 0.3) is 0 Å². The standard InChI is InChI=1S/C15H26NS/c1-2-3-4-5-6-7-8-9-10-11-15-14-16-12-13-17-15/h12-14H,2-11H2,1H3. The van der Waals surface area contributed by atoms with Crippen molar-refractivity contribution in [2.45, 2.75) is 71.1 Å². The van der Waals surface area contributed by atoms with Crippen molar-refractivity contribution in [3.8, 4) is 0 Å². The highest BCUT2D eigenvalue weighted by Gasteiger charge is 2.00. The number of hydrogen-bond acceptors (Lipinski definition) is 1. The maximum atomic E-state index is 4.15. The van der Waals surface area contributed by atoms with Gasteiger partial charge in [0.25, 0.3) is 0 Å². The van der Waals surface area contributed by atoms with Crippen LogP contribution in [0.1, 0.15) is 71.1 Å². The molecule has 17 heavy (non-hydrogen) atoms. The number of hydrogen-bond donors (Lipinski definition) is 0. The van der Waals surface area contributed by atoms with E-state index in [0.29, 0.717) is 0 Å². The molecular formula is C15H26NS. The fourth-order valence-corrected chi connectivity index (χ4v) is 2.73. The molecule has 1 aliphatic heterocycles. The van der Waals surface area contributed by atoms with E-state index in [1.165, 1.54) is 69.1 Å². The molecule has 1 aliphatic rings. The monoisotopic (exact) mass is 252 g/mol. The van der Waals surface area contributed by atoms with Gasteiger partial charge in [-0.3, -0.25) is 5.32 Å². The first-order chi connectivity index (χ1) is 8.43. The lowest BCUT2D eigenvalue weighted by atomic mass is 10.1. The van der Waals surface area contributed by atoms with Crippen LogP contribution in [0, 0.1) is 0 Å². The molecule has 0 unspecified atom stereocenters. The van der Waals surface area contributed by atoms with Crippen LogP contribution in [0.2, 0.25) is 0 Å². The van der Waals surface area contributed by atoms with E-state index in [1.54, 1.807) is 0 Å². The molecule has 97 valence electrons. The lowest BCUT2D eigenvalue weighted by molar-refractivity contribution is 0.566. The second-order valence-electron chi connectivity index (χ2n) is 4.73. The summed E-state index contributed by atoms with van der Waals surface area (Å²) in [5.41, 5.74) is 0. The van der Waals surface area contributed by atoms with Crippen LogP contribution in [-0.4, -0.2) is 0 Å². The summed E-state index contributed by atoms with van der Waals surface area (Å²) in [4.78, 5) is 1.43. The molecule has 0 aromatic carbocycles. The van der Waals surface area contributed by atoms with Gasteiger partial charge < -0.3 is 0 Å². The normalized spacial score (nSPS) is 14.5. The largest absolute Gasteiger partial charge is 0.263 e. The van der Waals surface area contributed by atoms with Gasteiger partial charge in [-0.2, -0.15) is 0 Å². The summed E-state index contributed by atoms with van der Waals surface area (Å²) >= 11 is 1.83. The third-order valence-electron chi connectivity index (χ3n) is 3.11. The molecule has 1 heterocycles. The minimum atomic E-state index is 1.22. The van der Waals surface area contributed by atoms with Crippen molar-refractivity contribution < 1.29 is 0 Å². The molecule has 0 aromatic heterocycles. The maximum absolute atomic E-state index is 4.15. The second-order valence-corrected chi connectivity index (χ2v) is 5.76. The molecule has 0 N–H and O–H groups in total. The van der Waals surface area contributed by atoms with Gasteiger partial charge in [0.2, 0.25) is 0 Å². The highest BCUT2D eigenvalue weighted by atomic mass is 32.2. The van der Waals surface area contributed by atoms with E-state index in [9.17, 15) is 0 Å². The van der Waals surface area contributed by atoms with Crippen LogP contribution in [0.5, 0.6) is 0 Å². The first-order valence-corrected chi connectivity index (χ1v) is 8.02. The Morgan fingerprint density at radius 2 is 1.59 bits per heavy atom. The number of rotatable bonds is 10. The molecular weight excluding hydrogens is 226 g/mol. The van der Waals surface area contributed by atoms with E-state index in [-0.39, 0.29) is 0 Å². The Balaban J connectivity index is 1.80. The molecule has 1 radical (unpaired) electrons. The smallest absolute Gasteiger partial charge is 0.0366 e. The Hall–Kier alpha value is -0.370. The molecule has 0 saturated carbocycles. The Bertz CT molecular complexity index is 233. The Morgan fingerprint density at radius 3 is 2.18 bits per heavy atom. The molecule has 1 nitrogen and oxygen atoms in total. The van der Waals surface area contributed by atoms with Crippen LogP contribution >= 0.6 is 11.8 Å². The minimum Gasteiger partial charge on any atom is -0.263 e. The quantitative estimate of drug-likeness (QED) is 0.463. The Morgan fingerprint density at radius 1 is 0.941 bits per heavy atom. The summed E-state index contributed by atoms with van der Waals surface area (Å²) in [5.74, 6) is 0. The molecule has 0 fully saturated rings. The lowest BCUT2D eigenvalue weighted by Crippen LogP contribution is -1.90. The van der Waals surface area contributed by atoms with E-state index >= 15 is 0 Å². The van der Waals surface area contributed by atoms with Crippen molar-refractivity contribution in [1.29, 1.82) is 0 Å². The van der Waals surface area contributed by atoms with Gasteiger partial charge in [-0.1, -0.05) is 70.1 Å². The van der Waals surface area contributed by atoms with Crippen molar-refractivity contribution in [1.82, 2.24) is 5.32 Å². The van der Waals surface area contributed by atoms with E-state index in [1.807, 2.05) is 24.2 Å². The van der Waals surface area contributed by atoms with Gasteiger partial charge in [0.05, 0.1) is 0 Å². The number of unbranched alkanes of at least 4 members (excludes halogenated alkanes) is 8. The van der Waals surface area contributed by atoms with E-state index < -0.39 is 0 Å². The van der Waals surface area contributed by atoms with Gasteiger partial charge in [-0.25, -0.2) is 0 Å². The second kappa shape index (κ2) is 10.8. The summed E-state index contributed by atoms with van der Waals surface area (Å²) < 4.78 is 0.